The third-order valence-corrected chi connectivity index (χ3v) is 5.40. The van der Waals surface area contributed by atoms with Crippen LogP contribution in [0.4, 0.5) is 0 Å². The van der Waals surface area contributed by atoms with Gasteiger partial charge in [-0.2, -0.15) is 0 Å². The summed E-state index contributed by atoms with van der Waals surface area (Å²) in [5.74, 6) is 1.62. The van der Waals surface area contributed by atoms with Crippen LogP contribution in [0.3, 0.4) is 0 Å². The standard InChI is InChI=1S/C22H26N4OS.HI/c1-16-17(2)28-21(26-16)15-25-22(23-3)24-13-14-27-20-12-8-7-11-19(20)18-9-5-4-6-10-18;/h4-12H,13-15H2,1-3H3,(H2,23,24,25);1H. The second-order valence-corrected chi connectivity index (χ2v) is 7.60. The molecule has 0 aliphatic carbocycles. The number of ether oxygens (including phenoxy) is 1. The van der Waals surface area contributed by atoms with E-state index in [9.17, 15) is 0 Å². The lowest BCUT2D eigenvalue weighted by Gasteiger charge is -2.14. The molecule has 0 amide bonds. The van der Waals surface area contributed by atoms with Crippen LogP contribution in [0, 0.1) is 13.8 Å². The van der Waals surface area contributed by atoms with Gasteiger partial charge in [0, 0.05) is 17.5 Å². The fourth-order valence-corrected chi connectivity index (χ4v) is 3.65. The molecule has 0 atom stereocenters. The summed E-state index contributed by atoms with van der Waals surface area (Å²) in [4.78, 5) is 10.1. The van der Waals surface area contributed by atoms with Gasteiger partial charge in [-0.3, -0.25) is 4.99 Å². The van der Waals surface area contributed by atoms with Gasteiger partial charge in [0.15, 0.2) is 5.96 Å². The molecule has 1 heterocycles. The molecule has 2 aromatic carbocycles. The highest BCUT2D eigenvalue weighted by molar-refractivity contribution is 14.0. The average Bonchev–Trinajstić information content (AvgIpc) is 3.06. The molecule has 0 aliphatic rings. The summed E-state index contributed by atoms with van der Waals surface area (Å²) >= 11 is 1.71. The van der Waals surface area contributed by atoms with E-state index in [0.29, 0.717) is 19.7 Å². The number of hydrogen-bond donors (Lipinski definition) is 2. The van der Waals surface area contributed by atoms with Crippen molar-refractivity contribution >= 4 is 41.3 Å². The monoisotopic (exact) mass is 522 g/mol. The van der Waals surface area contributed by atoms with E-state index in [1.165, 1.54) is 4.88 Å². The molecule has 0 unspecified atom stereocenters. The zero-order valence-electron chi connectivity index (χ0n) is 16.9. The zero-order valence-corrected chi connectivity index (χ0v) is 20.1. The lowest BCUT2D eigenvalue weighted by molar-refractivity contribution is 0.323. The van der Waals surface area contributed by atoms with Crippen molar-refractivity contribution in [2.45, 2.75) is 20.4 Å². The lowest BCUT2D eigenvalue weighted by atomic mass is 10.1. The molecule has 0 aliphatic heterocycles. The van der Waals surface area contributed by atoms with Gasteiger partial charge in [-0.05, 0) is 25.5 Å². The van der Waals surface area contributed by atoms with E-state index in [1.54, 1.807) is 18.4 Å². The van der Waals surface area contributed by atoms with Gasteiger partial charge in [-0.15, -0.1) is 35.3 Å². The van der Waals surface area contributed by atoms with Gasteiger partial charge in [0.1, 0.15) is 17.4 Å². The van der Waals surface area contributed by atoms with Gasteiger partial charge >= 0.3 is 0 Å². The molecular weight excluding hydrogens is 495 g/mol. The minimum atomic E-state index is 0. The van der Waals surface area contributed by atoms with E-state index >= 15 is 0 Å². The van der Waals surface area contributed by atoms with Gasteiger partial charge in [-0.25, -0.2) is 4.98 Å². The second kappa shape index (κ2) is 11.8. The van der Waals surface area contributed by atoms with Gasteiger partial charge < -0.3 is 15.4 Å². The van der Waals surface area contributed by atoms with E-state index in [4.69, 9.17) is 4.74 Å². The van der Waals surface area contributed by atoms with E-state index in [2.05, 4.69) is 45.7 Å². The Kier molecular flexibility index (Phi) is 9.40. The largest absolute Gasteiger partial charge is 0.491 e. The van der Waals surface area contributed by atoms with Crippen molar-refractivity contribution in [3.63, 3.8) is 0 Å². The number of aromatic nitrogens is 1. The molecule has 29 heavy (non-hydrogen) atoms. The molecule has 0 saturated heterocycles. The Morgan fingerprint density at radius 2 is 1.76 bits per heavy atom. The molecule has 0 fully saturated rings. The fraction of sp³-hybridized carbons (Fsp3) is 0.273. The molecule has 7 heteroatoms. The first-order chi connectivity index (χ1) is 13.7. The van der Waals surface area contributed by atoms with Gasteiger partial charge in [0.25, 0.3) is 0 Å². The average molecular weight is 522 g/mol. The Morgan fingerprint density at radius 1 is 1.03 bits per heavy atom. The molecule has 3 rings (SSSR count). The smallest absolute Gasteiger partial charge is 0.191 e. The number of hydrogen-bond acceptors (Lipinski definition) is 4. The second-order valence-electron chi connectivity index (χ2n) is 6.31. The zero-order chi connectivity index (χ0) is 19.8. The summed E-state index contributed by atoms with van der Waals surface area (Å²) in [7, 11) is 1.76. The summed E-state index contributed by atoms with van der Waals surface area (Å²) in [5, 5.41) is 7.64. The minimum absolute atomic E-state index is 0. The van der Waals surface area contributed by atoms with Crippen LogP contribution in [0.5, 0.6) is 5.75 Å². The predicted octanol–water partition coefficient (Wildman–Crippen LogP) is 4.79. The van der Waals surface area contributed by atoms with E-state index in [1.807, 2.05) is 43.3 Å². The molecule has 0 spiro atoms. The Morgan fingerprint density at radius 3 is 2.45 bits per heavy atom. The Balaban J connectivity index is 0.00000300. The molecule has 0 saturated carbocycles. The molecule has 3 aromatic rings. The van der Waals surface area contributed by atoms with Crippen LogP contribution in [0.15, 0.2) is 59.6 Å². The molecule has 154 valence electrons. The molecule has 5 nitrogen and oxygen atoms in total. The van der Waals surface area contributed by atoms with Gasteiger partial charge in [0.05, 0.1) is 18.8 Å². The predicted molar refractivity (Wildman–Crippen MR) is 133 cm³/mol. The van der Waals surface area contributed by atoms with E-state index < -0.39 is 0 Å². The van der Waals surface area contributed by atoms with Crippen molar-refractivity contribution in [3.8, 4) is 16.9 Å². The summed E-state index contributed by atoms with van der Waals surface area (Å²) in [6, 6.07) is 18.4. The van der Waals surface area contributed by atoms with Crippen molar-refractivity contribution in [2.75, 3.05) is 20.2 Å². The van der Waals surface area contributed by atoms with Crippen LogP contribution in [0.1, 0.15) is 15.6 Å². The van der Waals surface area contributed by atoms with Gasteiger partial charge in [-0.1, -0.05) is 48.5 Å². The molecular formula is C22H27IN4OS. The van der Waals surface area contributed by atoms with Crippen LogP contribution >= 0.6 is 35.3 Å². The summed E-state index contributed by atoms with van der Waals surface area (Å²) in [5.41, 5.74) is 3.34. The van der Waals surface area contributed by atoms with Crippen molar-refractivity contribution in [2.24, 2.45) is 4.99 Å². The molecule has 0 radical (unpaired) electrons. The van der Waals surface area contributed by atoms with Crippen LogP contribution in [0.2, 0.25) is 0 Å². The first-order valence-electron chi connectivity index (χ1n) is 9.32. The third kappa shape index (κ3) is 6.71. The van der Waals surface area contributed by atoms with Gasteiger partial charge in [0.2, 0.25) is 0 Å². The van der Waals surface area contributed by atoms with Crippen molar-refractivity contribution in [3.05, 3.63) is 70.2 Å². The summed E-state index contributed by atoms with van der Waals surface area (Å²) in [6.07, 6.45) is 0. The number of halogens is 1. The van der Waals surface area contributed by atoms with E-state index in [0.717, 1.165) is 33.5 Å². The first-order valence-corrected chi connectivity index (χ1v) is 10.1. The molecule has 2 N–H and O–H groups in total. The quantitative estimate of drug-likeness (QED) is 0.203. The Labute approximate surface area is 193 Å². The number of aryl methyl sites for hydroxylation is 2. The normalized spacial score (nSPS) is 10.9. The highest BCUT2D eigenvalue weighted by Gasteiger charge is 2.06. The van der Waals surface area contributed by atoms with Crippen LogP contribution in [-0.4, -0.2) is 31.1 Å². The maximum atomic E-state index is 6.01. The number of guanidine groups is 1. The Bertz CT molecular complexity index is 908. The number of nitrogens with one attached hydrogen (secondary N) is 2. The van der Waals surface area contributed by atoms with Crippen molar-refractivity contribution in [1.82, 2.24) is 15.6 Å². The van der Waals surface area contributed by atoms with E-state index in [-0.39, 0.29) is 24.0 Å². The maximum Gasteiger partial charge on any atom is 0.191 e. The fourth-order valence-electron chi connectivity index (χ4n) is 2.77. The number of benzene rings is 2. The van der Waals surface area contributed by atoms with Crippen molar-refractivity contribution < 1.29 is 4.74 Å². The number of rotatable bonds is 7. The minimum Gasteiger partial charge on any atom is -0.491 e. The topological polar surface area (TPSA) is 58.5 Å². The molecule has 0 bridgehead atoms. The summed E-state index contributed by atoms with van der Waals surface area (Å²) < 4.78 is 6.01. The van der Waals surface area contributed by atoms with Crippen LogP contribution < -0.4 is 15.4 Å². The number of nitrogens with zero attached hydrogens (tertiary/aromatic N) is 2. The Hall–Kier alpha value is -2.13. The molecule has 1 aromatic heterocycles. The van der Waals surface area contributed by atoms with Crippen LogP contribution in [-0.2, 0) is 6.54 Å². The third-order valence-electron chi connectivity index (χ3n) is 4.33. The number of aliphatic imine (C=N–C) groups is 1. The number of para-hydroxylation sites is 1. The van der Waals surface area contributed by atoms with Crippen LogP contribution in [0.25, 0.3) is 11.1 Å². The first kappa shape index (κ1) is 23.2. The highest BCUT2D eigenvalue weighted by Crippen LogP contribution is 2.29. The van der Waals surface area contributed by atoms with Crippen molar-refractivity contribution in [1.29, 1.82) is 0 Å². The maximum absolute atomic E-state index is 6.01. The SMILES string of the molecule is CN=C(NCCOc1ccccc1-c1ccccc1)NCc1nc(C)c(C)s1.I. The number of thiazole rings is 1. The highest BCUT2D eigenvalue weighted by atomic mass is 127. The lowest BCUT2D eigenvalue weighted by Crippen LogP contribution is -2.38. The summed E-state index contributed by atoms with van der Waals surface area (Å²) in [6.45, 7) is 5.98.